The van der Waals surface area contributed by atoms with E-state index in [1.807, 2.05) is 13.0 Å². The summed E-state index contributed by atoms with van der Waals surface area (Å²) in [5.41, 5.74) is 4.94. The number of benzene rings is 2. The predicted octanol–water partition coefficient (Wildman–Crippen LogP) is 4.47. The van der Waals surface area contributed by atoms with E-state index >= 15 is 0 Å². The van der Waals surface area contributed by atoms with E-state index in [1.54, 1.807) is 12.1 Å². The lowest BCUT2D eigenvalue weighted by Crippen LogP contribution is -2.20. The topological polar surface area (TPSA) is 12.0 Å². The summed E-state index contributed by atoms with van der Waals surface area (Å²) < 4.78 is 12.9. The van der Waals surface area contributed by atoms with Gasteiger partial charge < -0.3 is 5.32 Å². The fourth-order valence-electron chi connectivity index (χ4n) is 2.25. The van der Waals surface area contributed by atoms with E-state index in [-0.39, 0.29) is 11.3 Å². The van der Waals surface area contributed by atoms with Gasteiger partial charge in [0.2, 0.25) is 0 Å². The molecule has 2 aromatic carbocycles. The van der Waals surface area contributed by atoms with Crippen molar-refractivity contribution in [2.45, 2.75) is 12.4 Å². The Labute approximate surface area is 116 Å². The summed E-state index contributed by atoms with van der Waals surface area (Å²) in [5, 5.41) is 3.24. The molecule has 1 aliphatic heterocycles. The van der Waals surface area contributed by atoms with Crippen LogP contribution in [0.25, 0.3) is 11.8 Å². The highest BCUT2D eigenvalue weighted by Gasteiger charge is 2.19. The van der Waals surface area contributed by atoms with Crippen molar-refractivity contribution in [3.8, 4) is 0 Å². The number of fused-ring (bicyclic) bond motifs is 1. The first-order valence-corrected chi connectivity index (χ1v) is 6.56. The molecule has 0 fully saturated rings. The highest BCUT2D eigenvalue weighted by atomic mass is 35.5. The minimum Gasteiger partial charge on any atom is -0.365 e. The second-order valence-electron chi connectivity index (χ2n) is 4.70. The van der Waals surface area contributed by atoms with Gasteiger partial charge in [-0.25, -0.2) is 4.39 Å². The maximum Gasteiger partial charge on any atom is 0.128 e. The van der Waals surface area contributed by atoms with Crippen LogP contribution in [-0.4, -0.2) is 0 Å². The molecule has 1 aliphatic rings. The maximum atomic E-state index is 12.9. The average Bonchev–Trinajstić information content (AvgIpc) is 2.40. The number of rotatable bonds is 1. The number of nitrogens with one attached hydrogen (secondary N) is 1. The molecule has 3 rings (SSSR count). The molecule has 1 nitrogen and oxygen atoms in total. The molecule has 3 heteroatoms. The molecule has 1 heterocycles. The monoisotopic (exact) mass is 273 g/mol. The van der Waals surface area contributed by atoms with Gasteiger partial charge in [-0.05, 0) is 41.8 Å². The van der Waals surface area contributed by atoms with E-state index in [0.29, 0.717) is 0 Å². The standard InChI is InChI=1S/C16H13ClFN/c1-10-2-3-12-9-15(19-16(17)14(12)8-10)11-4-6-13(18)7-5-11/h2-9,16,19H,1H3. The quantitative estimate of drug-likeness (QED) is 0.597. The molecule has 0 saturated carbocycles. The second-order valence-corrected chi connectivity index (χ2v) is 5.14. The summed E-state index contributed by atoms with van der Waals surface area (Å²) in [6, 6.07) is 12.6. The van der Waals surface area contributed by atoms with Gasteiger partial charge in [-0.1, -0.05) is 47.5 Å². The summed E-state index contributed by atoms with van der Waals surface area (Å²) in [6.07, 6.45) is 2.04. The van der Waals surface area contributed by atoms with E-state index in [4.69, 9.17) is 11.6 Å². The van der Waals surface area contributed by atoms with Crippen molar-refractivity contribution in [1.29, 1.82) is 0 Å². The van der Waals surface area contributed by atoms with Crippen LogP contribution in [-0.2, 0) is 0 Å². The number of aryl methyl sites for hydroxylation is 1. The molecular weight excluding hydrogens is 261 g/mol. The van der Waals surface area contributed by atoms with Gasteiger partial charge in [0.25, 0.3) is 0 Å². The van der Waals surface area contributed by atoms with Gasteiger partial charge in [-0.3, -0.25) is 0 Å². The molecule has 0 spiro atoms. The molecule has 0 aromatic heterocycles. The van der Waals surface area contributed by atoms with Gasteiger partial charge in [0.1, 0.15) is 11.3 Å². The molecule has 0 radical (unpaired) electrons. The van der Waals surface area contributed by atoms with Crippen LogP contribution < -0.4 is 5.32 Å². The zero-order valence-corrected chi connectivity index (χ0v) is 11.2. The molecule has 1 N–H and O–H groups in total. The molecule has 2 aromatic rings. The van der Waals surface area contributed by atoms with Crippen molar-refractivity contribution >= 4 is 23.4 Å². The van der Waals surface area contributed by atoms with Crippen molar-refractivity contribution in [2.75, 3.05) is 0 Å². The summed E-state index contributed by atoms with van der Waals surface area (Å²) >= 11 is 6.37. The van der Waals surface area contributed by atoms with Gasteiger partial charge in [0.15, 0.2) is 0 Å². The Morgan fingerprint density at radius 1 is 1.11 bits per heavy atom. The lowest BCUT2D eigenvalue weighted by atomic mass is 9.98. The van der Waals surface area contributed by atoms with Crippen LogP contribution in [0.2, 0.25) is 0 Å². The SMILES string of the molecule is Cc1ccc2c(c1)C(Cl)NC(c1ccc(F)cc1)=C2. The zero-order chi connectivity index (χ0) is 13.4. The van der Waals surface area contributed by atoms with Gasteiger partial charge >= 0.3 is 0 Å². The Balaban J connectivity index is 2.05. The molecule has 1 atom stereocenters. The van der Waals surface area contributed by atoms with Crippen molar-refractivity contribution in [1.82, 2.24) is 5.32 Å². The minimum absolute atomic E-state index is 0.237. The van der Waals surface area contributed by atoms with E-state index in [2.05, 4.69) is 23.5 Å². The Bertz CT molecular complexity index is 646. The third-order valence-corrected chi connectivity index (χ3v) is 3.60. The Kier molecular flexibility index (Phi) is 3.03. The summed E-state index contributed by atoms with van der Waals surface area (Å²) in [5.74, 6) is -0.237. The highest BCUT2D eigenvalue weighted by Crippen LogP contribution is 2.32. The smallest absolute Gasteiger partial charge is 0.128 e. The Morgan fingerprint density at radius 2 is 1.84 bits per heavy atom. The highest BCUT2D eigenvalue weighted by molar-refractivity contribution is 6.21. The molecular formula is C16H13ClFN. The molecule has 1 unspecified atom stereocenters. The number of alkyl halides is 1. The summed E-state index contributed by atoms with van der Waals surface area (Å²) in [6.45, 7) is 2.04. The molecule has 0 bridgehead atoms. The largest absolute Gasteiger partial charge is 0.365 e. The molecule has 96 valence electrons. The maximum absolute atomic E-state index is 12.9. The van der Waals surface area contributed by atoms with Gasteiger partial charge in [-0.2, -0.15) is 0 Å². The zero-order valence-electron chi connectivity index (χ0n) is 10.5. The average molecular weight is 274 g/mol. The molecule has 0 aliphatic carbocycles. The van der Waals surface area contributed by atoms with Crippen LogP contribution in [0.4, 0.5) is 4.39 Å². The van der Waals surface area contributed by atoms with Crippen molar-refractivity contribution in [2.24, 2.45) is 0 Å². The van der Waals surface area contributed by atoms with Crippen molar-refractivity contribution in [3.05, 3.63) is 70.5 Å². The van der Waals surface area contributed by atoms with Crippen LogP contribution in [0.3, 0.4) is 0 Å². The van der Waals surface area contributed by atoms with Crippen molar-refractivity contribution in [3.63, 3.8) is 0 Å². The molecule has 0 saturated heterocycles. The van der Waals surface area contributed by atoms with Crippen LogP contribution >= 0.6 is 11.6 Å². The fraction of sp³-hybridized carbons (Fsp3) is 0.125. The number of halogens is 2. The van der Waals surface area contributed by atoms with Crippen molar-refractivity contribution < 1.29 is 4.39 Å². The van der Waals surface area contributed by atoms with Crippen LogP contribution in [0.1, 0.15) is 27.8 Å². The third-order valence-electron chi connectivity index (χ3n) is 3.25. The first-order chi connectivity index (χ1) is 9.13. The summed E-state index contributed by atoms with van der Waals surface area (Å²) in [7, 11) is 0. The number of hydrogen-bond donors (Lipinski definition) is 1. The Hall–Kier alpha value is -1.80. The van der Waals surface area contributed by atoms with E-state index in [0.717, 1.165) is 22.4 Å². The van der Waals surface area contributed by atoms with Crippen LogP contribution in [0, 0.1) is 12.7 Å². The van der Waals surface area contributed by atoms with Crippen LogP contribution in [0.5, 0.6) is 0 Å². The first kappa shape index (κ1) is 12.2. The van der Waals surface area contributed by atoms with Gasteiger partial charge in [0, 0.05) is 5.70 Å². The molecule has 0 amide bonds. The van der Waals surface area contributed by atoms with Crippen LogP contribution in [0.15, 0.2) is 42.5 Å². The number of hydrogen-bond acceptors (Lipinski definition) is 1. The lowest BCUT2D eigenvalue weighted by Gasteiger charge is -2.24. The second kappa shape index (κ2) is 4.71. The van der Waals surface area contributed by atoms with E-state index < -0.39 is 0 Å². The van der Waals surface area contributed by atoms with E-state index in [9.17, 15) is 4.39 Å². The fourth-order valence-corrected chi connectivity index (χ4v) is 2.56. The minimum atomic E-state index is -0.264. The van der Waals surface area contributed by atoms with E-state index in [1.165, 1.54) is 17.7 Å². The van der Waals surface area contributed by atoms with Gasteiger partial charge in [0.05, 0.1) is 0 Å². The lowest BCUT2D eigenvalue weighted by molar-refractivity contribution is 0.627. The summed E-state index contributed by atoms with van der Waals surface area (Å²) in [4.78, 5) is 0. The molecule has 19 heavy (non-hydrogen) atoms. The third kappa shape index (κ3) is 2.36. The first-order valence-electron chi connectivity index (χ1n) is 6.12. The predicted molar refractivity (Wildman–Crippen MR) is 77.2 cm³/mol. The van der Waals surface area contributed by atoms with Gasteiger partial charge in [-0.15, -0.1) is 0 Å². The normalized spacial score (nSPS) is 17.4. The Morgan fingerprint density at radius 3 is 2.58 bits per heavy atom.